The summed E-state index contributed by atoms with van der Waals surface area (Å²) in [6.45, 7) is 0.983. The Kier molecular flexibility index (Phi) is 8.67. The van der Waals surface area contributed by atoms with Gasteiger partial charge >= 0.3 is 0 Å². The number of non-ortho nitro benzene ring substituents is 1. The number of nitro groups is 1. The van der Waals surface area contributed by atoms with E-state index in [9.17, 15) is 23.3 Å². The van der Waals surface area contributed by atoms with Crippen molar-refractivity contribution in [1.82, 2.24) is 9.88 Å². The number of rotatable bonds is 8. The first-order valence-electron chi connectivity index (χ1n) is 9.54. The molecule has 0 spiro atoms. The second-order valence-corrected chi connectivity index (χ2v) is 10.4. The first-order chi connectivity index (χ1) is 15.0. The molecule has 33 heavy (non-hydrogen) atoms. The minimum Gasteiger partial charge on any atom is -0.308 e. The van der Waals surface area contributed by atoms with E-state index >= 15 is 0 Å². The van der Waals surface area contributed by atoms with Crippen molar-refractivity contribution in [2.24, 2.45) is 0 Å². The highest BCUT2D eigenvalue weighted by Crippen LogP contribution is 2.31. The number of anilines is 1. The molecule has 3 rings (SSSR count). The molecule has 0 bridgehead atoms. The summed E-state index contributed by atoms with van der Waals surface area (Å²) in [6, 6.07) is 10.6. The molecule has 1 heterocycles. The lowest BCUT2D eigenvalue weighted by Gasteiger charge is -2.20. The lowest BCUT2D eigenvalue weighted by molar-refractivity contribution is -0.384. The average molecular weight is 511 g/mol. The molecule has 0 aliphatic heterocycles. The second-order valence-electron chi connectivity index (χ2n) is 7.37. The summed E-state index contributed by atoms with van der Waals surface area (Å²) >= 11 is 1.24. The Morgan fingerprint density at radius 1 is 1.15 bits per heavy atom. The van der Waals surface area contributed by atoms with E-state index < -0.39 is 14.8 Å². The smallest absolute Gasteiger partial charge is 0.269 e. The zero-order valence-corrected chi connectivity index (χ0v) is 20.6. The van der Waals surface area contributed by atoms with E-state index in [0.29, 0.717) is 34.0 Å². The SMILES string of the molecule is CN(C)CCN(C(=O)C=Cc1ccc([N+](=O)[O-])cc1)c1nc2ccc(S(C)(=O)=O)cc2s1.Cl. The van der Waals surface area contributed by atoms with Gasteiger partial charge in [-0.25, -0.2) is 13.4 Å². The van der Waals surface area contributed by atoms with Crippen molar-refractivity contribution in [1.29, 1.82) is 0 Å². The summed E-state index contributed by atoms with van der Waals surface area (Å²) in [5, 5.41) is 11.2. The fraction of sp³-hybridized carbons (Fsp3) is 0.238. The Balaban J connectivity index is 0.00000385. The summed E-state index contributed by atoms with van der Waals surface area (Å²) in [4.78, 5) is 31.5. The van der Waals surface area contributed by atoms with Crippen molar-refractivity contribution in [3.8, 4) is 0 Å². The molecular weight excluding hydrogens is 488 g/mol. The lowest BCUT2D eigenvalue weighted by Crippen LogP contribution is -2.35. The van der Waals surface area contributed by atoms with Gasteiger partial charge in [-0.1, -0.05) is 11.3 Å². The van der Waals surface area contributed by atoms with Crippen molar-refractivity contribution in [2.45, 2.75) is 4.90 Å². The third kappa shape index (κ3) is 6.81. The Hall–Kier alpha value is -2.86. The lowest BCUT2D eigenvalue weighted by atomic mass is 10.2. The van der Waals surface area contributed by atoms with E-state index in [1.807, 2.05) is 19.0 Å². The molecule has 0 aliphatic carbocycles. The van der Waals surface area contributed by atoms with Crippen LogP contribution in [-0.4, -0.2) is 62.6 Å². The number of amides is 1. The van der Waals surface area contributed by atoms with Crippen LogP contribution in [0.5, 0.6) is 0 Å². The van der Waals surface area contributed by atoms with Gasteiger partial charge in [-0.2, -0.15) is 0 Å². The van der Waals surface area contributed by atoms with Gasteiger partial charge in [-0.15, -0.1) is 12.4 Å². The monoisotopic (exact) mass is 510 g/mol. The summed E-state index contributed by atoms with van der Waals surface area (Å²) in [6.07, 6.45) is 4.13. The number of carbonyl (C=O) groups is 1. The van der Waals surface area contributed by atoms with Crippen LogP contribution in [0.15, 0.2) is 53.4 Å². The molecule has 0 N–H and O–H groups in total. The van der Waals surface area contributed by atoms with Gasteiger partial charge in [0.2, 0.25) is 0 Å². The Labute approximate surface area is 201 Å². The molecule has 0 radical (unpaired) electrons. The summed E-state index contributed by atoms with van der Waals surface area (Å²) in [5.41, 5.74) is 1.24. The Morgan fingerprint density at radius 3 is 2.39 bits per heavy atom. The van der Waals surface area contributed by atoms with Gasteiger partial charge in [0.15, 0.2) is 15.0 Å². The number of hydrogen-bond donors (Lipinski definition) is 0. The molecular formula is C21H23ClN4O5S2. The maximum absolute atomic E-state index is 13.0. The number of hydrogen-bond acceptors (Lipinski definition) is 8. The molecule has 1 amide bonds. The molecule has 3 aromatic rings. The molecule has 0 fully saturated rings. The van der Waals surface area contributed by atoms with E-state index in [1.165, 1.54) is 40.5 Å². The molecule has 0 atom stereocenters. The predicted molar refractivity (Wildman–Crippen MR) is 133 cm³/mol. The van der Waals surface area contributed by atoms with Gasteiger partial charge in [0, 0.05) is 37.6 Å². The molecule has 1 aromatic heterocycles. The van der Waals surface area contributed by atoms with Gasteiger partial charge in [-0.05, 0) is 56.1 Å². The third-order valence-corrected chi connectivity index (χ3v) is 6.72. The number of aromatic nitrogens is 1. The molecule has 0 saturated heterocycles. The van der Waals surface area contributed by atoms with Gasteiger partial charge in [0.05, 0.1) is 20.0 Å². The van der Waals surface area contributed by atoms with Crippen LogP contribution >= 0.6 is 23.7 Å². The van der Waals surface area contributed by atoms with E-state index in [1.54, 1.807) is 30.3 Å². The largest absolute Gasteiger partial charge is 0.308 e. The fourth-order valence-electron chi connectivity index (χ4n) is 2.80. The van der Waals surface area contributed by atoms with Crippen LogP contribution in [0, 0.1) is 10.1 Å². The van der Waals surface area contributed by atoms with E-state index in [2.05, 4.69) is 4.98 Å². The maximum atomic E-state index is 13.0. The standard InChI is InChI=1S/C21H22N4O5S2.ClH/c1-23(2)12-13-24(20(26)11-6-15-4-7-16(8-5-15)25(27)28)21-22-18-10-9-17(32(3,29)30)14-19(18)31-21;/h4-11,14H,12-13H2,1-3H3;1H. The summed E-state index contributed by atoms with van der Waals surface area (Å²) < 4.78 is 24.4. The molecule has 0 aliphatic rings. The van der Waals surface area contributed by atoms with Gasteiger partial charge in [-0.3, -0.25) is 19.8 Å². The third-order valence-electron chi connectivity index (χ3n) is 4.57. The average Bonchev–Trinajstić information content (AvgIpc) is 3.14. The van der Waals surface area contributed by atoms with E-state index in [-0.39, 0.29) is 28.9 Å². The van der Waals surface area contributed by atoms with Crippen molar-refractivity contribution in [2.75, 3.05) is 38.3 Å². The molecule has 176 valence electrons. The fourth-order valence-corrected chi connectivity index (χ4v) is 4.56. The second kappa shape index (κ2) is 10.8. The van der Waals surface area contributed by atoms with Crippen LogP contribution in [0.2, 0.25) is 0 Å². The topological polar surface area (TPSA) is 114 Å². The van der Waals surface area contributed by atoms with Crippen molar-refractivity contribution < 1.29 is 18.1 Å². The maximum Gasteiger partial charge on any atom is 0.269 e. The minimum atomic E-state index is -3.35. The minimum absolute atomic E-state index is 0. The number of halogens is 1. The quantitative estimate of drug-likeness (QED) is 0.258. The van der Waals surface area contributed by atoms with Crippen LogP contribution in [0.25, 0.3) is 16.3 Å². The normalized spacial score (nSPS) is 11.6. The molecule has 0 saturated carbocycles. The zero-order valence-electron chi connectivity index (χ0n) is 18.2. The molecule has 12 heteroatoms. The van der Waals surface area contributed by atoms with Crippen molar-refractivity contribution in [3.05, 3.63) is 64.2 Å². The van der Waals surface area contributed by atoms with Crippen LogP contribution in [-0.2, 0) is 14.6 Å². The number of nitro benzene ring substituents is 1. The van der Waals surface area contributed by atoms with Crippen molar-refractivity contribution in [3.63, 3.8) is 0 Å². The summed E-state index contributed by atoms with van der Waals surface area (Å²) in [7, 11) is 0.437. The van der Waals surface area contributed by atoms with E-state index in [4.69, 9.17) is 0 Å². The highest BCUT2D eigenvalue weighted by atomic mass is 35.5. The predicted octanol–water partition coefficient (Wildman–Crippen LogP) is 3.64. The summed E-state index contributed by atoms with van der Waals surface area (Å²) in [5.74, 6) is -0.299. The first-order valence-corrected chi connectivity index (χ1v) is 12.2. The highest BCUT2D eigenvalue weighted by Gasteiger charge is 2.19. The number of benzene rings is 2. The van der Waals surface area contributed by atoms with Crippen LogP contribution in [0.3, 0.4) is 0 Å². The number of likely N-dealkylation sites (N-methyl/N-ethyl adjacent to an activating group) is 1. The first kappa shape index (κ1) is 26.4. The zero-order chi connectivity index (χ0) is 23.5. The Bertz CT molecular complexity index is 1290. The van der Waals surface area contributed by atoms with E-state index in [0.717, 1.165) is 6.26 Å². The van der Waals surface area contributed by atoms with Gasteiger partial charge in [0.25, 0.3) is 11.6 Å². The number of fused-ring (bicyclic) bond motifs is 1. The molecule has 0 unspecified atom stereocenters. The Morgan fingerprint density at radius 2 is 1.82 bits per heavy atom. The highest BCUT2D eigenvalue weighted by molar-refractivity contribution is 7.90. The van der Waals surface area contributed by atoms with Crippen LogP contribution < -0.4 is 4.90 Å². The van der Waals surface area contributed by atoms with Gasteiger partial charge in [0.1, 0.15) is 0 Å². The number of thiazole rings is 1. The van der Waals surface area contributed by atoms with Gasteiger partial charge < -0.3 is 4.90 Å². The number of carbonyl (C=O) groups excluding carboxylic acids is 1. The number of sulfone groups is 1. The van der Waals surface area contributed by atoms with Crippen molar-refractivity contribution >= 4 is 66.6 Å². The molecule has 9 nitrogen and oxygen atoms in total. The van der Waals surface area contributed by atoms with Crippen LogP contribution in [0.4, 0.5) is 10.8 Å². The van der Waals surface area contributed by atoms with Crippen LogP contribution in [0.1, 0.15) is 5.56 Å². The number of nitrogens with zero attached hydrogens (tertiary/aromatic N) is 4. The molecule has 2 aromatic carbocycles.